The van der Waals surface area contributed by atoms with Gasteiger partial charge in [0.2, 0.25) is 0 Å². The molecule has 100 valence electrons. The summed E-state index contributed by atoms with van der Waals surface area (Å²) in [6, 6.07) is 6.08. The normalized spacial score (nSPS) is 32.4. The van der Waals surface area contributed by atoms with Crippen LogP contribution in [0.25, 0.3) is 0 Å². The molecule has 0 aliphatic heterocycles. The summed E-state index contributed by atoms with van der Waals surface area (Å²) in [6.45, 7) is 0. The first-order valence-electron chi connectivity index (χ1n) is 7.62. The van der Waals surface area contributed by atoms with Gasteiger partial charge in [0.15, 0.2) is 5.78 Å². The first-order valence-corrected chi connectivity index (χ1v) is 7.62. The Kier molecular flexibility index (Phi) is 2.64. The van der Waals surface area contributed by atoms with Gasteiger partial charge in [-0.3, -0.25) is 4.79 Å². The predicted molar refractivity (Wildman–Crippen MR) is 73.6 cm³/mol. The SMILES string of the molecule is O=C1CCCc2cc(OC3CC4CCC3C4)ccc21. The van der Waals surface area contributed by atoms with E-state index < -0.39 is 0 Å². The summed E-state index contributed by atoms with van der Waals surface area (Å²) < 4.78 is 6.20. The summed E-state index contributed by atoms with van der Waals surface area (Å²) >= 11 is 0. The number of ether oxygens (including phenoxy) is 1. The Morgan fingerprint density at radius 1 is 1.11 bits per heavy atom. The average Bonchev–Trinajstić information content (AvgIpc) is 3.01. The third kappa shape index (κ3) is 1.98. The number of carbonyl (C=O) groups is 1. The van der Waals surface area contributed by atoms with Crippen LogP contribution in [0.1, 0.15) is 54.4 Å². The van der Waals surface area contributed by atoms with Gasteiger partial charge in [-0.2, -0.15) is 0 Å². The lowest BCUT2D eigenvalue weighted by molar-refractivity contribution is 0.0972. The van der Waals surface area contributed by atoms with Crippen molar-refractivity contribution in [2.45, 2.75) is 51.0 Å². The number of rotatable bonds is 2. The Hall–Kier alpha value is -1.31. The van der Waals surface area contributed by atoms with Gasteiger partial charge in [-0.05, 0) is 74.1 Å². The molecule has 3 unspecified atom stereocenters. The fraction of sp³-hybridized carbons (Fsp3) is 0.588. The highest BCUT2D eigenvalue weighted by molar-refractivity contribution is 5.98. The quantitative estimate of drug-likeness (QED) is 0.805. The molecule has 19 heavy (non-hydrogen) atoms. The Morgan fingerprint density at radius 2 is 2.05 bits per heavy atom. The third-order valence-electron chi connectivity index (χ3n) is 5.19. The summed E-state index contributed by atoms with van der Waals surface area (Å²) in [5.74, 6) is 2.97. The van der Waals surface area contributed by atoms with Crippen LogP contribution in [0.5, 0.6) is 5.75 Å². The van der Waals surface area contributed by atoms with Gasteiger partial charge in [-0.1, -0.05) is 0 Å². The van der Waals surface area contributed by atoms with Crippen molar-refractivity contribution in [3.05, 3.63) is 29.3 Å². The van der Waals surface area contributed by atoms with Gasteiger partial charge >= 0.3 is 0 Å². The molecular formula is C17H20O2. The highest BCUT2D eigenvalue weighted by Gasteiger charge is 2.40. The van der Waals surface area contributed by atoms with E-state index in [2.05, 4.69) is 6.07 Å². The molecule has 4 rings (SSSR count). The number of hydrogen-bond donors (Lipinski definition) is 0. The number of benzene rings is 1. The van der Waals surface area contributed by atoms with E-state index >= 15 is 0 Å². The second-order valence-electron chi connectivity index (χ2n) is 6.43. The van der Waals surface area contributed by atoms with Crippen molar-refractivity contribution in [1.29, 1.82) is 0 Å². The molecule has 0 N–H and O–H groups in total. The molecule has 0 saturated heterocycles. The van der Waals surface area contributed by atoms with Crippen LogP contribution in [0.4, 0.5) is 0 Å². The lowest BCUT2D eigenvalue weighted by Crippen LogP contribution is -2.23. The van der Waals surface area contributed by atoms with Crippen LogP contribution < -0.4 is 4.74 Å². The Morgan fingerprint density at radius 3 is 2.84 bits per heavy atom. The molecule has 2 bridgehead atoms. The van der Waals surface area contributed by atoms with Crippen LogP contribution in [-0.2, 0) is 6.42 Å². The van der Waals surface area contributed by atoms with Crippen LogP contribution in [0.15, 0.2) is 18.2 Å². The van der Waals surface area contributed by atoms with Crippen molar-refractivity contribution in [2.75, 3.05) is 0 Å². The summed E-state index contributed by atoms with van der Waals surface area (Å²) in [5, 5.41) is 0. The summed E-state index contributed by atoms with van der Waals surface area (Å²) in [7, 11) is 0. The fourth-order valence-corrected chi connectivity index (χ4v) is 4.20. The Bertz CT molecular complexity index is 520. The van der Waals surface area contributed by atoms with Crippen molar-refractivity contribution in [2.24, 2.45) is 11.8 Å². The molecule has 0 heterocycles. The van der Waals surface area contributed by atoms with Crippen LogP contribution in [0.3, 0.4) is 0 Å². The Labute approximate surface area is 114 Å². The lowest BCUT2D eigenvalue weighted by atomic mass is 9.90. The van der Waals surface area contributed by atoms with Gasteiger partial charge in [-0.15, -0.1) is 0 Å². The minimum absolute atomic E-state index is 0.299. The van der Waals surface area contributed by atoms with E-state index in [1.165, 1.54) is 31.2 Å². The maximum atomic E-state index is 11.8. The molecule has 2 heteroatoms. The maximum Gasteiger partial charge on any atom is 0.163 e. The van der Waals surface area contributed by atoms with Crippen molar-refractivity contribution >= 4 is 5.78 Å². The van der Waals surface area contributed by atoms with Gasteiger partial charge < -0.3 is 4.74 Å². The molecule has 3 aliphatic carbocycles. The first kappa shape index (κ1) is 11.5. The van der Waals surface area contributed by atoms with E-state index in [0.717, 1.165) is 36.0 Å². The number of Topliss-reactive ketones (excluding diaryl/α,β-unsaturated/α-hetero) is 1. The highest BCUT2D eigenvalue weighted by atomic mass is 16.5. The topological polar surface area (TPSA) is 26.3 Å². The molecule has 1 aromatic rings. The average molecular weight is 256 g/mol. The number of carbonyl (C=O) groups excluding carboxylic acids is 1. The highest BCUT2D eigenvalue weighted by Crippen LogP contribution is 2.46. The molecule has 2 fully saturated rings. The zero-order valence-corrected chi connectivity index (χ0v) is 11.2. The van der Waals surface area contributed by atoms with Crippen molar-refractivity contribution in [1.82, 2.24) is 0 Å². The van der Waals surface area contributed by atoms with Crippen LogP contribution >= 0.6 is 0 Å². The molecule has 3 aliphatic rings. The molecule has 2 nitrogen and oxygen atoms in total. The molecule has 0 spiro atoms. The Balaban J connectivity index is 1.54. The van der Waals surface area contributed by atoms with E-state index in [0.29, 0.717) is 18.3 Å². The van der Waals surface area contributed by atoms with Gasteiger partial charge in [-0.25, -0.2) is 0 Å². The van der Waals surface area contributed by atoms with Crippen molar-refractivity contribution < 1.29 is 9.53 Å². The second-order valence-corrected chi connectivity index (χ2v) is 6.43. The monoisotopic (exact) mass is 256 g/mol. The van der Waals surface area contributed by atoms with E-state index in [-0.39, 0.29) is 0 Å². The third-order valence-corrected chi connectivity index (χ3v) is 5.19. The van der Waals surface area contributed by atoms with E-state index in [9.17, 15) is 4.79 Å². The molecule has 0 amide bonds. The van der Waals surface area contributed by atoms with E-state index in [1.807, 2.05) is 12.1 Å². The minimum Gasteiger partial charge on any atom is -0.490 e. The number of fused-ring (bicyclic) bond motifs is 3. The molecule has 2 saturated carbocycles. The van der Waals surface area contributed by atoms with Crippen molar-refractivity contribution in [3.63, 3.8) is 0 Å². The van der Waals surface area contributed by atoms with E-state index in [1.54, 1.807) is 0 Å². The minimum atomic E-state index is 0.299. The largest absolute Gasteiger partial charge is 0.490 e. The molecule has 0 aromatic heterocycles. The molecular weight excluding hydrogens is 236 g/mol. The summed E-state index contributed by atoms with van der Waals surface area (Å²) in [5.41, 5.74) is 2.11. The summed E-state index contributed by atoms with van der Waals surface area (Å²) in [4.78, 5) is 11.8. The fourth-order valence-electron chi connectivity index (χ4n) is 4.20. The van der Waals surface area contributed by atoms with E-state index in [4.69, 9.17) is 4.74 Å². The predicted octanol–water partition coefficient (Wildman–Crippen LogP) is 3.77. The molecule has 3 atom stereocenters. The molecule has 1 aromatic carbocycles. The van der Waals surface area contributed by atoms with Gasteiger partial charge in [0.1, 0.15) is 11.9 Å². The smallest absolute Gasteiger partial charge is 0.163 e. The first-order chi connectivity index (χ1) is 9.29. The zero-order chi connectivity index (χ0) is 12.8. The molecule has 0 radical (unpaired) electrons. The van der Waals surface area contributed by atoms with Crippen LogP contribution in [-0.4, -0.2) is 11.9 Å². The standard InChI is InChI=1S/C17H20O2/c18-16-3-1-2-12-10-14(6-7-15(12)16)19-17-9-11-4-5-13(17)8-11/h6-7,10-11,13,17H,1-5,8-9H2. The van der Waals surface area contributed by atoms with Crippen LogP contribution in [0.2, 0.25) is 0 Å². The number of hydrogen-bond acceptors (Lipinski definition) is 2. The van der Waals surface area contributed by atoms with Gasteiger partial charge in [0.05, 0.1) is 0 Å². The van der Waals surface area contributed by atoms with Gasteiger partial charge in [0, 0.05) is 12.0 Å². The second kappa shape index (κ2) is 4.36. The van der Waals surface area contributed by atoms with Crippen LogP contribution in [0, 0.1) is 11.8 Å². The van der Waals surface area contributed by atoms with Crippen molar-refractivity contribution in [3.8, 4) is 5.75 Å². The number of aryl methyl sites for hydroxylation is 1. The number of ketones is 1. The zero-order valence-electron chi connectivity index (χ0n) is 11.2. The summed E-state index contributed by atoms with van der Waals surface area (Å²) in [6.07, 6.45) is 8.51. The maximum absolute atomic E-state index is 11.8. The van der Waals surface area contributed by atoms with Gasteiger partial charge in [0.25, 0.3) is 0 Å². The lowest BCUT2D eigenvalue weighted by Gasteiger charge is -2.24.